The molecule has 1 unspecified atom stereocenters. The first kappa shape index (κ1) is 17.2. The number of carbonyl (C=O) groups is 2. The van der Waals surface area contributed by atoms with E-state index in [0.717, 1.165) is 5.56 Å². The number of aliphatic carboxylic acids is 1. The van der Waals surface area contributed by atoms with Crippen LogP contribution in [-0.4, -0.2) is 33.3 Å². The second kappa shape index (κ2) is 8.43. The number of hydrogen-bond donors (Lipinski definition) is 4. The highest BCUT2D eigenvalue weighted by atomic mass is 16.4. The first-order valence-corrected chi connectivity index (χ1v) is 6.45. The fourth-order valence-corrected chi connectivity index (χ4v) is 1.61. The Morgan fingerprint density at radius 1 is 0.955 bits per heavy atom. The molecular formula is C16H17NO5. The summed E-state index contributed by atoms with van der Waals surface area (Å²) in [6.07, 6.45) is 0.385. The van der Waals surface area contributed by atoms with E-state index >= 15 is 0 Å². The predicted molar refractivity (Wildman–Crippen MR) is 80.8 cm³/mol. The smallest absolute Gasteiger partial charge is 0.339 e. The van der Waals surface area contributed by atoms with Crippen molar-refractivity contribution in [3.63, 3.8) is 0 Å². The molecule has 0 amide bonds. The van der Waals surface area contributed by atoms with Crippen molar-refractivity contribution in [1.29, 1.82) is 0 Å². The lowest BCUT2D eigenvalue weighted by Crippen LogP contribution is -2.32. The molecule has 6 heteroatoms. The molecule has 2 rings (SSSR count). The zero-order chi connectivity index (χ0) is 16.5. The molecule has 1 atom stereocenters. The number of aromatic hydroxyl groups is 1. The summed E-state index contributed by atoms with van der Waals surface area (Å²) in [6.45, 7) is 0. The van der Waals surface area contributed by atoms with Crippen LogP contribution >= 0.6 is 0 Å². The summed E-state index contributed by atoms with van der Waals surface area (Å²) in [5, 5.41) is 25.8. The van der Waals surface area contributed by atoms with Crippen LogP contribution in [0.25, 0.3) is 0 Å². The SMILES string of the molecule is NC(Cc1ccccc1)C(=O)O.O=C(O)c1ccccc1O. The molecule has 2 aromatic carbocycles. The molecule has 6 nitrogen and oxygen atoms in total. The molecule has 0 saturated heterocycles. The molecule has 0 fully saturated rings. The number of rotatable bonds is 4. The number of aromatic carboxylic acids is 1. The molecule has 0 heterocycles. The minimum absolute atomic E-state index is 0.0671. The number of para-hydroxylation sites is 1. The first-order chi connectivity index (χ1) is 10.4. The first-order valence-electron chi connectivity index (χ1n) is 6.45. The molecule has 5 N–H and O–H groups in total. The van der Waals surface area contributed by atoms with Gasteiger partial charge in [0.05, 0.1) is 0 Å². The largest absolute Gasteiger partial charge is 0.507 e. The molecule has 0 radical (unpaired) electrons. The van der Waals surface area contributed by atoms with E-state index in [9.17, 15) is 9.59 Å². The van der Waals surface area contributed by atoms with Crippen molar-refractivity contribution in [2.45, 2.75) is 12.5 Å². The van der Waals surface area contributed by atoms with Gasteiger partial charge in [0.2, 0.25) is 0 Å². The summed E-state index contributed by atoms with van der Waals surface area (Å²) in [7, 11) is 0. The van der Waals surface area contributed by atoms with Crippen molar-refractivity contribution in [3.8, 4) is 5.75 Å². The van der Waals surface area contributed by atoms with Crippen LogP contribution in [0.1, 0.15) is 15.9 Å². The van der Waals surface area contributed by atoms with Gasteiger partial charge in [-0.05, 0) is 24.1 Å². The van der Waals surface area contributed by atoms with Gasteiger partial charge in [-0.3, -0.25) is 4.79 Å². The number of nitrogens with two attached hydrogens (primary N) is 1. The van der Waals surface area contributed by atoms with Crippen molar-refractivity contribution < 1.29 is 24.9 Å². The molecule has 116 valence electrons. The zero-order valence-corrected chi connectivity index (χ0v) is 11.7. The van der Waals surface area contributed by atoms with E-state index in [1.54, 1.807) is 12.1 Å². The third kappa shape index (κ3) is 5.64. The van der Waals surface area contributed by atoms with Crippen molar-refractivity contribution in [2.24, 2.45) is 5.73 Å². The Balaban J connectivity index is 0.000000224. The normalized spacial score (nSPS) is 11.0. The summed E-state index contributed by atoms with van der Waals surface area (Å²) in [5.74, 6) is -2.27. The molecule has 0 aromatic heterocycles. The highest BCUT2D eigenvalue weighted by Gasteiger charge is 2.11. The van der Waals surface area contributed by atoms with Crippen LogP contribution in [0, 0.1) is 0 Å². The molecule has 0 aliphatic rings. The van der Waals surface area contributed by atoms with Crippen LogP contribution in [0.5, 0.6) is 5.75 Å². The number of hydrogen-bond acceptors (Lipinski definition) is 4. The van der Waals surface area contributed by atoms with Gasteiger partial charge in [0.25, 0.3) is 0 Å². The highest BCUT2D eigenvalue weighted by Crippen LogP contribution is 2.14. The van der Waals surface area contributed by atoms with E-state index < -0.39 is 18.0 Å². The lowest BCUT2D eigenvalue weighted by molar-refractivity contribution is -0.138. The summed E-state index contributed by atoms with van der Waals surface area (Å²) in [6, 6.07) is 14.4. The summed E-state index contributed by atoms with van der Waals surface area (Å²) in [5.41, 5.74) is 6.23. The molecule has 0 saturated carbocycles. The zero-order valence-electron chi connectivity index (χ0n) is 11.7. The number of phenols is 1. The third-order valence-corrected chi connectivity index (χ3v) is 2.75. The van der Waals surface area contributed by atoms with E-state index in [4.69, 9.17) is 21.1 Å². The molecule has 0 spiro atoms. The van der Waals surface area contributed by atoms with Gasteiger partial charge in [0.1, 0.15) is 17.4 Å². The van der Waals surface area contributed by atoms with Gasteiger partial charge in [0, 0.05) is 0 Å². The molecule has 22 heavy (non-hydrogen) atoms. The molecule has 0 aliphatic carbocycles. The Bertz CT molecular complexity index is 627. The van der Waals surface area contributed by atoms with Crippen molar-refractivity contribution in [2.75, 3.05) is 0 Å². The monoisotopic (exact) mass is 303 g/mol. The van der Waals surface area contributed by atoms with Gasteiger partial charge in [-0.15, -0.1) is 0 Å². The maximum Gasteiger partial charge on any atom is 0.339 e. The van der Waals surface area contributed by atoms with Crippen LogP contribution in [0.15, 0.2) is 54.6 Å². The summed E-state index contributed by atoms with van der Waals surface area (Å²) >= 11 is 0. The fourth-order valence-electron chi connectivity index (χ4n) is 1.61. The lowest BCUT2D eigenvalue weighted by atomic mass is 10.1. The Labute approximate surface area is 127 Å². The fraction of sp³-hybridized carbons (Fsp3) is 0.125. The van der Waals surface area contributed by atoms with E-state index in [-0.39, 0.29) is 11.3 Å². The van der Waals surface area contributed by atoms with Crippen LogP contribution in [0.2, 0.25) is 0 Å². The molecule has 2 aromatic rings. The second-order valence-electron chi connectivity index (χ2n) is 4.46. The van der Waals surface area contributed by atoms with Crippen LogP contribution < -0.4 is 5.73 Å². The Morgan fingerprint density at radius 3 is 1.95 bits per heavy atom. The van der Waals surface area contributed by atoms with E-state index in [1.165, 1.54) is 12.1 Å². The van der Waals surface area contributed by atoms with Gasteiger partial charge in [-0.25, -0.2) is 4.79 Å². The van der Waals surface area contributed by atoms with Crippen molar-refractivity contribution in [1.82, 2.24) is 0 Å². The third-order valence-electron chi connectivity index (χ3n) is 2.75. The minimum Gasteiger partial charge on any atom is -0.507 e. The number of benzene rings is 2. The van der Waals surface area contributed by atoms with Crippen LogP contribution in [-0.2, 0) is 11.2 Å². The quantitative estimate of drug-likeness (QED) is 0.682. The van der Waals surface area contributed by atoms with Gasteiger partial charge >= 0.3 is 11.9 Å². The van der Waals surface area contributed by atoms with Gasteiger partial charge in [0.15, 0.2) is 0 Å². The van der Waals surface area contributed by atoms with E-state index in [2.05, 4.69) is 0 Å². The van der Waals surface area contributed by atoms with Gasteiger partial charge in [-0.1, -0.05) is 42.5 Å². The average molecular weight is 303 g/mol. The Morgan fingerprint density at radius 2 is 1.50 bits per heavy atom. The minimum atomic E-state index is -1.11. The summed E-state index contributed by atoms with van der Waals surface area (Å²) < 4.78 is 0. The molecular weight excluding hydrogens is 286 g/mol. The standard InChI is InChI=1S/C9H11NO2.C7H6O3/c10-8(9(11)12)6-7-4-2-1-3-5-7;8-6-4-2-1-3-5(6)7(9)10/h1-5,8H,6,10H2,(H,11,12);1-4,8H,(H,9,10). The summed E-state index contributed by atoms with van der Waals surface area (Å²) in [4.78, 5) is 20.6. The highest BCUT2D eigenvalue weighted by molar-refractivity contribution is 5.90. The maximum atomic E-state index is 10.4. The number of carboxylic acids is 2. The van der Waals surface area contributed by atoms with Crippen LogP contribution in [0.3, 0.4) is 0 Å². The lowest BCUT2D eigenvalue weighted by Gasteiger charge is -2.04. The Kier molecular flexibility index (Phi) is 6.59. The van der Waals surface area contributed by atoms with Crippen molar-refractivity contribution in [3.05, 3.63) is 65.7 Å². The van der Waals surface area contributed by atoms with E-state index in [1.807, 2.05) is 30.3 Å². The van der Waals surface area contributed by atoms with E-state index in [0.29, 0.717) is 6.42 Å². The average Bonchev–Trinajstić information content (AvgIpc) is 2.49. The van der Waals surface area contributed by atoms with Gasteiger partial charge < -0.3 is 21.1 Å². The Hall–Kier alpha value is -2.86. The van der Waals surface area contributed by atoms with Gasteiger partial charge in [-0.2, -0.15) is 0 Å². The molecule has 0 aliphatic heterocycles. The number of carboxylic acid groups (broad SMARTS) is 2. The topological polar surface area (TPSA) is 121 Å². The molecule has 0 bridgehead atoms. The van der Waals surface area contributed by atoms with Crippen molar-refractivity contribution >= 4 is 11.9 Å². The maximum absolute atomic E-state index is 10.4. The second-order valence-corrected chi connectivity index (χ2v) is 4.46. The predicted octanol–water partition coefficient (Wildman–Crippen LogP) is 1.73. The van der Waals surface area contributed by atoms with Crippen LogP contribution in [0.4, 0.5) is 0 Å².